The molecule has 0 saturated carbocycles. The first-order chi connectivity index (χ1) is 19.8. The third-order valence-corrected chi connectivity index (χ3v) is 7.41. The molecule has 42 heavy (non-hydrogen) atoms. The molecule has 0 aliphatic carbocycles. The zero-order valence-corrected chi connectivity index (χ0v) is 27.3. The van der Waals surface area contributed by atoms with E-state index in [4.69, 9.17) is 4.74 Å². The zero-order chi connectivity index (χ0) is 31.8. The van der Waals surface area contributed by atoms with Gasteiger partial charge in [0, 0.05) is 17.5 Å². The lowest BCUT2D eigenvalue weighted by molar-refractivity contribution is -0.132. The number of rotatable bonds is 19. The van der Waals surface area contributed by atoms with Crippen LogP contribution < -0.4 is 26.0 Å². The molecule has 1 aromatic carbocycles. The van der Waals surface area contributed by atoms with Crippen LogP contribution in [0.3, 0.4) is 0 Å². The fraction of sp³-hybridized carbons (Fsp3) is 0.677. The monoisotopic (exact) mass is 608 g/mol. The van der Waals surface area contributed by atoms with Crippen molar-refractivity contribution in [2.75, 3.05) is 19.1 Å². The van der Waals surface area contributed by atoms with Gasteiger partial charge in [-0.2, -0.15) is 11.8 Å². The van der Waals surface area contributed by atoms with Crippen LogP contribution in [0.25, 0.3) is 0 Å². The number of nitrogens with one attached hydrogen (secondary N) is 4. The normalized spacial score (nSPS) is 14.8. The highest BCUT2D eigenvalue weighted by molar-refractivity contribution is 7.98. The lowest BCUT2D eigenvalue weighted by Crippen LogP contribution is -2.54. The second-order valence-electron chi connectivity index (χ2n) is 11.5. The molecule has 0 aromatic heterocycles. The third kappa shape index (κ3) is 13.5. The first-order valence-electron chi connectivity index (χ1n) is 14.9. The molecule has 1 rings (SSSR count). The third-order valence-electron chi connectivity index (χ3n) is 6.77. The van der Waals surface area contributed by atoms with Gasteiger partial charge < -0.3 is 31.1 Å². The summed E-state index contributed by atoms with van der Waals surface area (Å²) in [7, 11) is 1.52. The van der Waals surface area contributed by atoms with E-state index in [0.29, 0.717) is 36.3 Å². The van der Waals surface area contributed by atoms with Crippen LogP contribution in [0.5, 0.6) is 5.75 Å². The number of thioether (sulfide) groups is 1. The molecule has 238 valence electrons. The Morgan fingerprint density at radius 1 is 0.881 bits per heavy atom. The van der Waals surface area contributed by atoms with E-state index in [1.54, 1.807) is 43.0 Å². The van der Waals surface area contributed by atoms with Crippen molar-refractivity contribution >= 4 is 35.4 Å². The van der Waals surface area contributed by atoms with Gasteiger partial charge in [0.15, 0.2) is 0 Å². The van der Waals surface area contributed by atoms with E-state index in [2.05, 4.69) is 21.3 Å². The van der Waals surface area contributed by atoms with Crippen LogP contribution in [-0.2, 0) is 14.4 Å². The largest absolute Gasteiger partial charge is 0.497 e. The molecule has 0 bridgehead atoms. The van der Waals surface area contributed by atoms with E-state index in [-0.39, 0.29) is 30.2 Å². The topological polar surface area (TPSA) is 146 Å². The Morgan fingerprint density at radius 2 is 1.52 bits per heavy atom. The highest BCUT2D eigenvalue weighted by atomic mass is 32.2. The van der Waals surface area contributed by atoms with Crippen LogP contribution in [-0.4, -0.2) is 78.1 Å². The molecule has 5 atom stereocenters. The fourth-order valence-electron chi connectivity index (χ4n) is 4.50. The summed E-state index contributed by atoms with van der Waals surface area (Å²) in [6.07, 6.45) is 3.13. The first-order valence-corrected chi connectivity index (χ1v) is 16.2. The number of ether oxygens (including phenoxy) is 1. The second-order valence-corrected chi connectivity index (χ2v) is 12.5. The Morgan fingerprint density at radius 3 is 2.10 bits per heavy atom. The molecule has 0 fully saturated rings. The Balaban J connectivity index is 2.97. The van der Waals surface area contributed by atoms with Crippen molar-refractivity contribution < 1.29 is 29.0 Å². The van der Waals surface area contributed by atoms with Crippen molar-refractivity contribution in [1.82, 2.24) is 21.3 Å². The Hall–Kier alpha value is -2.79. The molecule has 0 aliphatic rings. The highest BCUT2D eigenvalue weighted by Crippen LogP contribution is 2.17. The standard InChI is InChI=1S/C31H52N4O6S/c1-9-11-24(30(39)32-20(4)5)33-28(37)21(6)17-27(36)26(16-19(2)3)35-31(40)25(14-15-42-8)34-29(38)22-12-10-13-23(18-22)41-7/h10,12-13,18-21,24-27,36H,9,11,14-17H2,1-8H3,(H,32,39)(H,33,37)(H,34,38)(H,35,40)/t21-,24+,25+,26+,27+/m1/s1. The van der Waals surface area contributed by atoms with E-state index in [1.165, 1.54) is 7.11 Å². The minimum absolute atomic E-state index is 0.0477. The average molecular weight is 609 g/mol. The minimum atomic E-state index is -1.01. The summed E-state index contributed by atoms with van der Waals surface area (Å²) >= 11 is 1.56. The molecule has 0 heterocycles. The van der Waals surface area contributed by atoms with E-state index in [1.807, 2.05) is 40.9 Å². The SMILES string of the molecule is CCC[C@H](NC(=O)[C@H](C)C[C@H](O)[C@H](CC(C)C)NC(=O)[C@H](CCSC)NC(=O)c1cccc(OC)c1)C(=O)NC(C)C. The molecule has 0 unspecified atom stereocenters. The van der Waals surface area contributed by atoms with Crippen molar-refractivity contribution in [1.29, 1.82) is 0 Å². The number of hydrogen-bond acceptors (Lipinski definition) is 7. The summed E-state index contributed by atoms with van der Waals surface area (Å²) in [6.45, 7) is 11.3. The number of aliphatic hydroxyl groups is 1. The Kier molecular flexibility index (Phi) is 17.2. The molecule has 1 aromatic rings. The zero-order valence-electron chi connectivity index (χ0n) is 26.5. The molecule has 5 N–H and O–H groups in total. The van der Waals surface area contributed by atoms with Crippen molar-refractivity contribution in [3.63, 3.8) is 0 Å². The number of carbonyl (C=O) groups excluding carboxylic acids is 4. The summed E-state index contributed by atoms with van der Waals surface area (Å²) in [4.78, 5) is 52.0. The van der Waals surface area contributed by atoms with Crippen LogP contribution in [0.1, 0.15) is 84.0 Å². The first kappa shape index (κ1) is 37.2. The van der Waals surface area contributed by atoms with Crippen LogP contribution >= 0.6 is 11.8 Å². The molecule has 0 spiro atoms. The van der Waals surface area contributed by atoms with Gasteiger partial charge in [0.2, 0.25) is 17.7 Å². The predicted molar refractivity (Wildman–Crippen MR) is 169 cm³/mol. The lowest BCUT2D eigenvalue weighted by Gasteiger charge is -2.30. The maximum Gasteiger partial charge on any atom is 0.252 e. The Labute approximate surface area is 255 Å². The van der Waals surface area contributed by atoms with Crippen molar-refractivity contribution in [2.24, 2.45) is 11.8 Å². The summed E-state index contributed by atoms with van der Waals surface area (Å²) in [5, 5.41) is 22.6. The second kappa shape index (κ2) is 19.4. The van der Waals surface area contributed by atoms with E-state index >= 15 is 0 Å². The number of methoxy groups -OCH3 is 1. The van der Waals surface area contributed by atoms with Crippen LogP contribution in [0.4, 0.5) is 0 Å². The number of hydrogen-bond donors (Lipinski definition) is 5. The van der Waals surface area contributed by atoms with Gasteiger partial charge in [-0.3, -0.25) is 19.2 Å². The summed E-state index contributed by atoms with van der Waals surface area (Å²) in [5.41, 5.74) is 0.373. The van der Waals surface area contributed by atoms with Crippen molar-refractivity contribution in [3.8, 4) is 5.75 Å². The Bertz CT molecular complexity index is 1010. The molecular formula is C31H52N4O6S. The number of benzene rings is 1. The molecule has 4 amide bonds. The maximum absolute atomic E-state index is 13.4. The van der Waals surface area contributed by atoms with Gasteiger partial charge in [0.25, 0.3) is 5.91 Å². The lowest BCUT2D eigenvalue weighted by atomic mass is 9.92. The van der Waals surface area contributed by atoms with Crippen molar-refractivity contribution in [2.45, 2.75) is 104 Å². The number of carbonyl (C=O) groups is 4. The number of amides is 4. The smallest absolute Gasteiger partial charge is 0.252 e. The van der Waals surface area contributed by atoms with Gasteiger partial charge in [-0.25, -0.2) is 0 Å². The van der Waals surface area contributed by atoms with Gasteiger partial charge in [0.05, 0.1) is 19.3 Å². The summed E-state index contributed by atoms with van der Waals surface area (Å²) in [6, 6.07) is 4.55. The van der Waals surface area contributed by atoms with Gasteiger partial charge in [-0.1, -0.05) is 40.2 Å². The molecule has 0 radical (unpaired) electrons. The van der Waals surface area contributed by atoms with Gasteiger partial charge >= 0.3 is 0 Å². The van der Waals surface area contributed by atoms with E-state index in [9.17, 15) is 24.3 Å². The molecular weight excluding hydrogens is 556 g/mol. The molecule has 0 aliphatic heterocycles. The summed E-state index contributed by atoms with van der Waals surface area (Å²) in [5.74, 6) is -0.618. The summed E-state index contributed by atoms with van der Waals surface area (Å²) < 4.78 is 5.21. The molecule has 11 heteroatoms. The van der Waals surface area contributed by atoms with Gasteiger partial charge in [-0.15, -0.1) is 0 Å². The van der Waals surface area contributed by atoms with Gasteiger partial charge in [-0.05, 0) is 75.7 Å². The van der Waals surface area contributed by atoms with Crippen LogP contribution in [0.15, 0.2) is 24.3 Å². The molecule has 10 nitrogen and oxygen atoms in total. The predicted octanol–water partition coefficient (Wildman–Crippen LogP) is 3.27. The highest BCUT2D eigenvalue weighted by Gasteiger charge is 2.31. The fourth-order valence-corrected chi connectivity index (χ4v) is 4.98. The molecule has 0 saturated heterocycles. The quantitative estimate of drug-likeness (QED) is 0.162. The van der Waals surface area contributed by atoms with Crippen molar-refractivity contribution in [3.05, 3.63) is 29.8 Å². The number of aliphatic hydroxyl groups excluding tert-OH is 1. The van der Waals surface area contributed by atoms with Crippen LogP contribution in [0.2, 0.25) is 0 Å². The maximum atomic E-state index is 13.4. The van der Waals surface area contributed by atoms with Gasteiger partial charge in [0.1, 0.15) is 17.8 Å². The average Bonchev–Trinajstić information content (AvgIpc) is 2.93. The van der Waals surface area contributed by atoms with E-state index in [0.717, 1.165) is 6.42 Å². The van der Waals surface area contributed by atoms with Crippen LogP contribution in [0, 0.1) is 11.8 Å². The van der Waals surface area contributed by atoms with E-state index < -0.39 is 42.0 Å². The minimum Gasteiger partial charge on any atom is -0.497 e.